The van der Waals surface area contributed by atoms with Crippen LogP contribution < -0.4 is 0 Å². The molecule has 0 spiro atoms. The van der Waals surface area contributed by atoms with E-state index >= 15 is 0 Å². The van der Waals surface area contributed by atoms with Gasteiger partial charge in [-0.25, -0.2) is 4.79 Å². The maximum atomic E-state index is 11.7. The molecule has 0 fully saturated rings. The molecule has 0 aliphatic rings. The lowest BCUT2D eigenvalue weighted by molar-refractivity contribution is -0.201. The van der Waals surface area contributed by atoms with Crippen LogP contribution in [0.4, 0.5) is 13.2 Å². The van der Waals surface area contributed by atoms with E-state index in [4.69, 9.17) is 0 Å². The Kier molecular flexibility index (Phi) is 4.59. The zero-order chi connectivity index (χ0) is 13.6. The predicted octanol–water partition coefficient (Wildman–Crippen LogP) is 2.12. The molecule has 0 atom stereocenters. The van der Waals surface area contributed by atoms with Gasteiger partial charge in [-0.3, -0.25) is 9.78 Å². The van der Waals surface area contributed by atoms with Gasteiger partial charge >= 0.3 is 18.1 Å². The van der Waals surface area contributed by atoms with E-state index in [0.717, 1.165) is 0 Å². The van der Waals surface area contributed by atoms with Crippen LogP contribution in [0, 0.1) is 0 Å². The van der Waals surface area contributed by atoms with Crippen LogP contribution in [0.1, 0.15) is 12.0 Å². The van der Waals surface area contributed by atoms with Crippen LogP contribution in [-0.4, -0.2) is 23.1 Å². The van der Waals surface area contributed by atoms with Gasteiger partial charge in [-0.15, -0.1) is 0 Å². The van der Waals surface area contributed by atoms with Crippen molar-refractivity contribution in [3.63, 3.8) is 0 Å². The van der Waals surface area contributed by atoms with Gasteiger partial charge in [-0.2, -0.15) is 13.2 Å². The molecule has 0 aliphatic carbocycles. The molecule has 0 bridgehead atoms. The van der Waals surface area contributed by atoms with Crippen molar-refractivity contribution in [1.82, 2.24) is 4.98 Å². The summed E-state index contributed by atoms with van der Waals surface area (Å²) >= 11 is 0. The molecule has 4 nitrogen and oxygen atoms in total. The Hall–Kier alpha value is -2.18. The standard InChI is InChI=1S/C11H8F3NO3/c12-11(13,14)10(17)18-9(16)5-1-3-8-4-2-6-15-7-8/h1-4,6-7H,5H2/b3-1+. The average Bonchev–Trinajstić information content (AvgIpc) is 2.29. The van der Waals surface area contributed by atoms with Crippen molar-refractivity contribution in [3.05, 3.63) is 36.2 Å². The monoisotopic (exact) mass is 259 g/mol. The van der Waals surface area contributed by atoms with E-state index in [1.165, 1.54) is 18.3 Å². The minimum atomic E-state index is -5.16. The molecule has 1 rings (SSSR count). The molecule has 18 heavy (non-hydrogen) atoms. The van der Waals surface area contributed by atoms with Crippen molar-refractivity contribution >= 4 is 18.0 Å². The molecule has 0 aromatic carbocycles. The molecule has 1 heterocycles. The SMILES string of the molecule is O=C(C/C=C/c1cccnc1)OC(=O)C(F)(F)F. The molecule has 0 unspecified atom stereocenters. The Balaban J connectivity index is 2.43. The number of halogens is 3. The number of pyridine rings is 1. The van der Waals surface area contributed by atoms with Gasteiger partial charge in [0.15, 0.2) is 0 Å². The molecule has 0 saturated carbocycles. The van der Waals surface area contributed by atoms with Gasteiger partial charge in [0.25, 0.3) is 0 Å². The first kappa shape index (κ1) is 13.9. The quantitative estimate of drug-likeness (QED) is 0.616. The van der Waals surface area contributed by atoms with Crippen LogP contribution in [-0.2, 0) is 14.3 Å². The van der Waals surface area contributed by atoms with Crippen LogP contribution in [0.5, 0.6) is 0 Å². The van der Waals surface area contributed by atoms with E-state index in [2.05, 4.69) is 9.72 Å². The van der Waals surface area contributed by atoms with E-state index in [0.29, 0.717) is 5.56 Å². The second kappa shape index (κ2) is 5.95. The lowest BCUT2D eigenvalue weighted by Gasteiger charge is -2.03. The van der Waals surface area contributed by atoms with Crippen LogP contribution in [0.3, 0.4) is 0 Å². The number of ether oxygens (including phenoxy) is 1. The molecule has 0 N–H and O–H groups in total. The number of esters is 2. The summed E-state index contributed by atoms with van der Waals surface area (Å²) < 4.78 is 38.8. The van der Waals surface area contributed by atoms with Crippen molar-refractivity contribution in [2.75, 3.05) is 0 Å². The Labute approximate surface area is 100 Å². The summed E-state index contributed by atoms with van der Waals surface area (Å²) in [6.07, 6.45) is 0.213. The first-order valence-corrected chi connectivity index (χ1v) is 4.78. The van der Waals surface area contributed by atoms with Gasteiger partial charge in [0.2, 0.25) is 0 Å². The third-order valence-electron chi connectivity index (χ3n) is 1.72. The number of hydrogen-bond donors (Lipinski definition) is 0. The van der Waals surface area contributed by atoms with Crippen molar-refractivity contribution in [2.45, 2.75) is 12.6 Å². The number of carbonyl (C=O) groups is 2. The molecule has 0 aliphatic heterocycles. The summed E-state index contributed by atoms with van der Waals surface area (Å²) in [6, 6.07) is 3.35. The number of aromatic nitrogens is 1. The number of nitrogens with zero attached hydrogens (tertiary/aromatic N) is 1. The maximum absolute atomic E-state index is 11.7. The van der Waals surface area contributed by atoms with Gasteiger partial charge in [0, 0.05) is 12.4 Å². The number of hydrogen-bond acceptors (Lipinski definition) is 4. The highest BCUT2D eigenvalue weighted by atomic mass is 19.4. The Bertz CT molecular complexity index is 454. The normalized spacial score (nSPS) is 11.5. The molecule has 0 amide bonds. The predicted molar refractivity (Wildman–Crippen MR) is 55.0 cm³/mol. The fourth-order valence-electron chi connectivity index (χ4n) is 0.969. The summed E-state index contributed by atoms with van der Waals surface area (Å²) in [4.78, 5) is 25.0. The van der Waals surface area contributed by atoms with Crippen LogP contribution >= 0.6 is 0 Å². The molecule has 96 valence electrons. The second-order valence-corrected chi connectivity index (χ2v) is 3.15. The van der Waals surface area contributed by atoms with Gasteiger partial charge in [0.1, 0.15) is 0 Å². The fraction of sp³-hybridized carbons (Fsp3) is 0.182. The molecule has 0 radical (unpaired) electrons. The lowest BCUT2D eigenvalue weighted by atomic mass is 10.2. The van der Waals surface area contributed by atoms with Crippen LogP contribution in [0.2, 0.25) is 0 Å². The first-order chi connectivity index (χ1) is 8.39. The van der Waals surface area contributed by atoms with Gasteiger partial charge in [0.05, 0.1) is 6.42 Å². The minimum absolute atomic E-state index is 0.434. The zero-order valence-electron chi connectivity index (χ0n) is 8.98. The van der Waals surface area contributed by atoms with Gasteiger partial charge in [-0.1, -0.05) is 18.2 Å². The smallest absolute Gasteiger partial charge is 0.386 e. The van der Waals surface area contributed by atoms with E-state index in [-0.39, 0.29) is 0 Å². The number of alkyl halides is 3. The molecular formula is C11H8F3NO3. The molecule has 1 aromatic heterocycles. The van der Waals surface area contributed by atoms with Gasteiger partial charge in [-0.05, 0) is 11.6 Å². The second-order valence-electron chi connectivity index (χ2n) is 3.15. The highest BCUT2D eigenvalue weighted by Gasteiger charge is 2.42. The van der Waals surface area contributed by atoms with Crippen molar-refractivity contribution in [2.24, 2.45) is 0 Å². The van der Waals surface area contributed by atoms with Crippen LogP contribution in [0.25, 0.3) is 6.08 Å². The van der Waals surface area contributed by atoms with Crippen molar-refractivity contribution < 1.29 is 27.5 Å². The fourth-order valence-corrected chi connectivity index (χ4v) is 0.969. The Morgan fingerprint density at radius 1 is 1.39 bits per heavy atom. The highest BCUT2D eigenvalue weighted by Crippen LogP contribution is 2.16. The average molecular weight is 259 g/mol. The number of rotatable bonds is 3. The number of carbonyl (C=O) groups excluding carboxylic acids is 2. The highest BCUT2D eigenvalue weighted by molar-refractivity contribution is 5.89. The molecule has 7 heteroatoms. The Morgan fingerprint density at radius 2 is 2.11 bits per heavy atom. The van der Waals surface area contributed by atoms with Gasteiger partial charge < -0.3 is 4.74 Å². The van der Waals surface area contributed by atoms with Crippen LogP contribution in [0.15, 0.2) is 30.6 Å². The summed E-state index contributed by atoms with van der Waals surface area (Å²) in [7, 11) is 0. The van der Waals surface area contributed by atoms with E-state index < -0.39 is 24.5 Å². The largest absolute Gasteiger partial charge is 0.491 e. The zero-order valence-corrected chi connectivity index (χ0v) is 8.98. The third-order valence-corrected chi connectivity index (χ3v) is 1.72. The van der Waals surface area contributed by atoms with E-state index in [1.807, 2.05) is 0 Å². The Morgan fingerprint density at radius 3 is 2.67 bits per heavy atom. The topological polar surface area (TPSA) is 56.3 Å². The van der Waals surface area contributed by atoms with E-state index in [9.17, 15) is 22.8 Å². The van der Waals surface area contributed by atoms with E-state index in [1.54, 1.807) is 18.3 Å². The maximum Gasteiger partial charge on any atom is 0.491 e. The molecule has 1 aromatic rings. The summed E-state index contributed by atoms with van der Waals surface area (Å²) in [5.41, 5.74) is 0.674. The minimum Gasteiger partial charge on any atom is -0.386 e. The first-order valence-electron chi connectivity index (χ1n) is 4.78. The molecular weight excluding hydrogens is 251 g/mol. The summed E-state index contributed by atoms with van der Waals surface area (Å²) in [5.74, 6) is -3.78. The third kappa shape index (κ3) is 4.77. The van der Waals surface area contributed by atoms with Crippen molar-refractivity contribution in [1.29, 1.82) is 0 Å². The lowest BCUT2D eigenvalue weighted by Crippen LogP contribution is -2.27. The van der Waals surface area contributed by atoms with Crippen molar-refractivity contribution in [3.8, 4) is 0 Å². The summed E-state index contributed by atoms with van der Waals surface area (Å²) in [5, 5.41) is 0. The molecule has 0 saturated heterocycles. The summed E-state index contributed by atoms with van der Waals surface area (Å²) in [6.45, 7) is 0.